The van der Waals surface area contributed by atoms with Crippen molar-refractivity contribution >= 4 is 16.7 Å². The molecule has 0 saturated carbocycles. The van der Waals surface area contributed by atoms with Crippen LogP contribution in [0.15, 0.2) is 65.3 Å². The molecule has 0 bridgehead atoms. The maximum absolute atomic E-state index is 6.07. The lowest BCUT2D eigenvalue weighted by atomic mass is 9.92. The van der Waals surface area contributed by atoms with E-state index >= 15 is 0 Å². The molecule has 0 unspecified atom stereocenters. The van der Waals surface area contributed by atoms with E-state index in [-0.39, 0.29) is 0 Å². The molecule has 2 heteroatoms. The molecule has 3 aromatic carbocycles. The number of hydrogen-bond acceptors (Lipinski definition) is 2. The van der Waals surface area contributed by atoms with Gasteiger partial charge in [0.2, 0.25) is 0 Å². The number of nitrogens with one attached hydrogen (secondary N) is 1. The summed E-state index contributed by atoms with van der Waals surface area (Å²) >= 11 is 0. The van der Waals surface area contributed by atoms with Crippen molar-refractivity contribution in [2.75, 3.05) is 5.32 Å². The Kier molecular flexibility index (Phi) is 5.67. The van der Waals surface area contributed by atoms with Crippen LogP contribution in [0.2, 0.25) is 0 Å². The molecular formula is C28H31NO. The molecule has 0 atom stereocenters. The third-order valence-corrected chi connectivity index (χ3v) is 6.17. The first-order valence-electron chi connectivity index (χ1n) is 10.8. The van der Waals surface area contributed by atoms with Crippen LogP contribution in [-0.2, 0) is 13.0 Å². The maximum Gasteiger partial charge on any atom is 0.138 e. The second-order valence-electron chi connectivity index (χ2n) is 8.64. The van der Waals surface area contributed by atoms with E-state index in [4.69, 9.17) is 4.42 Å². The van der Waals surface area contributed by atoms with Gasteiger partial charge in [0.25, 0.3) is 0 Å². The standard InChI is InChI=1S/C28H31NO/c1-18(2)24-13-11-22(12-14-24)15-25-20(4)27(29-16-23-9-7-6-8-10-23)21(5)26-19(3)17-30-28(25)26/h6-14,17-18,29H,15-16H2,1-5H3. The fourth-order valence-corrected chi connectivity index (χ4v) is 4.35. The molecule has 0 radical (unpaired) electrons. The van der Waals surface area contributed by atoms with Crippen LogP contribution in [0.4, 0.5) is 5.69 Å². The second kappa shape index (κ2) is 8.39. The summed E-state index contributed by atoms with van der Waals surface area (Å²) in [6.07, 6.45) is 2.76. The summed E-state index contributed by atoms with van der Waals surface area (Å²) < 4.78 is 6.07. The Labute approximate surface area is 179 Å². The van der Waals surface area contributed by atoms with Gasteiger partial charge in [-0.3, -0.25) is 0 Å². The number of furan rings is 1. The Hall–Kier alpha value is -3.00. The summed E-state index contributed by atoms with van der Waals surface area (Å²) in [6.45, 7) is 11.8. The topological polar surface area (TPSA) is 25.2 Å². The highest BCUT2D eigenvalue weighted by molar-refractivity contribution is 5.93. The zero-order chi connectivity index (χ0) is 21.3. The van der Waals surface area contributed by atoms with E-state index in [9.17, 15) is 0 Å². The van der Waals surface area contributed by atoms with E-state index < -0.39 is 0 Å². The van der Waals surface area contributed by atoms with Crippen molar-refractivity contribution in [1.29, 1.82) is 0 Å². The number of hydrogen-bond donors (Lipinski definition) is 1. The Morgan fingerprint density at radius 2 is 1.53 bits per heavy atom. The largest absolute Gasteiger partial charge is 0.464 e. The van der Waals surface area contributed by atoms with E-state index in [1.807, 2.05) is 6.26 Å². The SMILES string of the molecule is Cc1c(NCc2ccccc2)c(C)c2c(C)coc2c1Cc1ccc(C(C)C)cc1. The molecular weight excluding hydrogens is 366 g/mol. The van der Waals surface area contributed by atoms with E-state index in [0.29, 0.717) is 5.92 Å². The highest BCUT2D eigenvalue weighted by Crippen LogP contribution is 2.37. The Bertz CT molecular complexity index is 1150. The van der Waals surface area contributed by atoms with Gasteiger partial charge in [0.05, 0.1) is 6.26 Å². The summed E-state index contributed by atoms with van der Waals surface area (Å²) in [5.41, 5.74) is 11.2. The van der Waals surface area contributed by atoms with Crippen LogP contribution in [0.1, 0.15) is 58.7 Å². The van der Waals surface area contributed by atoms with Gasteiger partial charge in [-0.1, -0.05) is 68.4 Å². The van der Waals surface area contributed by atoms with Gasteiger partial charge in [-0.15, -0.1) is 0 Å². The predicted molar refractivity (Wildman–Crippen MR) is 128 cm³/mol. The van der Waals surface area contributed by atoms with Gasteiger partial charge in [-0.25, -0.2) is 0 Å². The monoisotopic (exact) mass is 397 g/mol. The zero-order valence-electron chi connectivity index (χ0n) is 18.7. The van der Waals surface area contributed by atoms with Crippen molar-refractivity contribution in [2.45, 2.75) is 53.5 Å². The summed E-state index contributed by atoms with van der Waals surface area (Å²) in [5, 5.41) is 4.96. The van der Waals surface area contributed by atoms with Crippen molar-refractivity contribution in [2.24, 2.45) is 0 Å². The highest BCUT2D eigenvalue weighted by Gasteiger charge is 2.19. The molecule has 0 spiro atoms. The van der Waals surface area contributed by atoms with Crippen LogP contribution in [0.5, 0.6) is 0 Å². The van der Waals surface area contributed by atoms with Crippen LogP contribution in [0.25, 0.3) is 11.0 Å². The van der Waals surface area contributed by atoms with Gasteiger partial charge in [0.15, 0.2) is 0 Å². The normalized spacial score (nSPS) is 11.4. The average molecular weight is 398 g/mol. The number of benzene rings is 3. The van der Waals surface area contributed by atoms with E-state index in [2.05, 4.69) is 94.5 Å². The minimum absolute atomic E-state index is 0.549. The number of rotatable bonds is 6. The summed E-state index contributed by atoms with van der Waals surface area (Å²) in [5.74, 6) is 0.549. The first-order chi connectivity index (χ1) is 14.5. The van der Waals surface area contributed by atoms with Crippen LogP contribution in [-0.4, -0.2) is 0 Å². The minimum Gasteiger partial charge on any atom is -0.464 e. The van der Waals surface area contributed by atoms with Crippen LogP contribution < -0.4 is 5.32 Å². The van der Waals surface area contributed by atoms with Gasteiger partial charge in [0.1, 0.15) is 5.58 Å². The molecule has 30 heavy (non-hydrogen) atoms. The van der Waals surface area contributed by atoms with Crippen LogP contribution in [0, 0.1) is 20.8 Å². The molecule has 0 amide bonds. The molecule has 1 N–H and O–H groups in total. The van der Waals surface area contributed by atoms with Crippen molar-refractivity contribution in [3.8, 4) is 0 Å². The molecule has 154 valence electrons. The lowest BCUT2D eigenvalue weighted by Gasteiger charge is -2.18. The van der Waals surface area contributed by atoms with Gasteiger partial charge < -0.3 is 9.73 Å². The molecule has 0 aliphatic heterocycles. The molecule has 1 heterocycles. The molecule has 0 fully saturated rings. The summed E-state index contributed by atoms with van der Waals surface area (Å²) in [4.78, 5) is 0. The third-order valence-electron chi connectivity index (χ3n) is 6.17. The Morgan fingerprint density at radius 3 is 2.20 bits per heavy atom. The molecule has 0 saturated heterocycles. The summed E-state index contributed by atoms with van der Waals surface area (Å²) in [7, 11) is 0. The van der Waals surface area contributed by atoms with E-state index in [1.54, 1.807) is 0 Å². The molecule has 1 aromatic heterocycles. The Morgan fingerprint density at radius 1 is 0.833 bits per heavy atom. The quantitative estimate of drug-likeness (QED) is 0.361. The number of fused-ring (bicyclic) bond motifs is 1. The fraction of sp³-hybridized carbons (Fsp3) is 0.286. The lowest BCUT2D eigenvalue weighted by Crippen LogP contribution is -2.06. The minimum atomic E-state index is 0.549. The van der Waals surface area contributed by atoms with Gasteiger partial charge >= 0.3 is 0 Å². The predicted octanol–water partition coefficient (Wildman–Crippen LogP) is 7.68. The van der Waals surface area contributed by atoms with Crippen molar-refractivity contribution < 1.29 is 4.42 Å². The fourth-order valence-electron chi connectivity index (χ4n) is 4.35. The van der Waals surface area contributed by atoms with Crippen molar-refractivity contribution in [1.82, 2.24) is 0 Å². The molecule has 4 rings (SSSR count). The van der Waals surface area contributed by atoms with Crippen molar-refractivity contribution in [3.63, 3.8) is 0 Å². The van der Waals surface area contributed by atoms with Crippen LogP contribution in [0.3, 0.4) is 0 Å². The van der Waals surface area contributed by atoms with E-state index in [0.717, 1.165) is 18.5 Å². The molecule has 0 aliphatic carbocycles. The first kappa shape index (κ1) is 20.3. The molecule has 4 aromatic rings. The van der Waals surface area contributed by atoms with Crippen molar-refractivity contribution in [3.05, 3.63) is 99.8 Å². The molecule has 0 aliphatic rings. The van der Waals surface area contributed by atoms with Crippen LogP contribution >= 0.6 is 0 Å². The molecule has 2 nitrogen and oxygen atoms in total. The van der Waals surface area contributed by atoms with Gasteiger partial charge in [0, 0.05) is 29.6 Å². The first-order valence-corrected chi connectivity index (χ1v) is 10.8. The van der Waals surface area contributed by atoms with Gasteiger partial charge in [-0.2, -0.15) is 0 Å². The summed E-state index contributed by atoms with van der Waals surface area (Å²) in [6, 6.07) is 19.6. The smallest absolute Gasteiger partial charge is 0.138 e. The lowest BCUT2D eigenvalue weighted by molar-refractivity contribution is 0.608. The number of anilines is 1. The number of aryl methyl sites for hydroxylation is 2. The second-order valence-corrected chi connectivity index (χ2v) is 8.64. The third kappa shape index (κ3) is 3.87. The maximum atomic E-state index is 6.07. The Balaban J connectivity index is 1.74. The zero-order valence-corrected chi connectivity index (χ0v) is 18.7. The highest BCUT2D eigenvalue weighted by atomic mass is 16.3. The van der Waals surface area contributed by atoms with Gasteiger partial charge in [-0.05, 0) is 60.1 Å². The average Bonchev–Trinajstić information content (AvgIpc) is 3.13. The van der Waals surface area contributed by atoms with E-state index in [1.165, 1.54) is 50.0 Å².